The number of aliphatic hydroxyl groups is 1. The van der Waals surface area contributed by atoms with Gasteiger partial charge in [0.1, 0.15) is 5.76 Å². The van der Waals surface area contributed by atoms with Crippen molar-refractivity contribution in [3.63, 3.8) is 0 Å². The van der Waals surface area contributed by atoms with Crippen LogP contribution in [0.5, 0.6) is 0 Å². The maximum Gasteiger partial charge on any atom is 0.295 e. The predicted octanol–water partition coefficient (Wildman–Crippen LogP) is 3.86. The summed E-state index contributed by atoms with van der Waals surface area (Å²) in [5, 5.41) is 11.0. The highest BCUT2D eigenvalue weighted by atomic mass is 79.9. The third kappa shape index (κ3) is 3.69. The highest BCUT2D eigenvalue weighted by Crippen LogP contribution is 2.40. The van der Waals surface area contributed by atoms with E-state index in [2.05, 4.69) is 25.9 Å². The lowest BCUT2D eigenvalue weighted by atomic mass is 9.96. The van der Waals surface area contributed by atoms with Crippen LogP contribution in [0.3, 0.4) is 0 Å². The average Bonchev–Trinajstić information content (AvgIpc) is 3.00. The van der Waals surface area contributed by atoms with Crippen LogP contribution in [0, 0.1) is 0 Å². The fourth-order valence-corrected chi connectivity index (χ4v) is 3.65. The van der Waals surface area contributed by atoms with Crippen LogP contribution in [0.15, 0.2) is 83.4 Å². The Morgan fingerprint density at radius 3 is 2.14 bits per heavy atom. The molecule has 2 aromatic heterocycles. The maximum absolute atomic E-state index is 12.9. The Hall–Kier alpha value is -3.32. The number of carbonyl (C=O) groups is 2. The Bertz CT molecular complexity index is 1080. The molecule has 0 spiro atoms. The molecule has 3 aromatic rings. The number of amides is 1. The van der Waals surface area contributed by atoms with Gasteiger partial charge in [0, 0.05) is 41.4 Å². The lowest BCUT2D eigenvalue weighted by molar-refractivity contribution is -0.140. The van der Waals surface area contributed by atoms with Gasteiger partial charge >= 0.3 is 0 Å². The molecule has 4 rings (SSSR count). The van der Waals surface area contributed by atoms with Gasteiger partial charge in [-0.15, -0.1) is 0 Å². The second-order valence-corrected chi connectivity index (χ2v) is 7.49. The van der Waals surface area contributed by atoms with Crippen LogP contribution in [0.2, 0.25) is 0 Å². The molecular formula is C22H16BrN3O3. The van der Waals surface area contributed by atoms with Gasteiger partial charge < -0.3 is 10.0 Å². The van der Waals surface area contributed by atoms with Crippen molar-refractivity contribution < 1.29 is 14.7 Å². The fourth-order valence-electron chi connectivity index (χ4n) is 3.38. The molecule has 1 amide bonds. The molecule has 1 aliphatic rings. The molecule has 7 heteroatoms. The van der Waals surface area contributed by atoms with E-state index >= 15 is 0 Å². The third-order valence-corrected chi connectivity index (χ3v) is 5.31. The molecule has 144 valence electrons. The average molecular weight is 450 g/mol. The van der Waals surface area contributed by atoms with Crippen molar-refractivity contribution >= 4 is 33.4 Å². The van der Waals surface area contributed by atoms with Crippen molar-refractivity contribution in [2.24, 2.45) is 0 Å². The number of carbonyl (C=O) groups excluding carboxylic acids is 2. The van der Waals surface area contributed by atoms with E-state index < -0.39 is 17.7 Å². The molecular weight excluding hydrogens is 434 g/mol. The molecule has 0 bridgehead atoms. The quantitative estimate of drug-likeness (QED) is 0.371. The monoisotopic (exact) mass is 449 g/mol. The van der Waals surface area contributed by atoms with E-state index in [4.69, 9.17) is 0 Å². The minimum absolute atomic E-state index is 0.0672. The van der Waals surface area contributed by atoms with Gasteiger partial charge in [-0.3, -0.25) is 19.6 Å². The van der Waals surface area contributed by atoms with E-state index in [1.165, 1.54) is 4.90 Å². The van der Waals surface area contributed by atoms with Crippen LogP contribution in [-0.4, -0.2) is 31.7 Å². The topological polar surface area (TPSA) is 83.4 Å². The van der Waals surface area contributed by atoms with Crippen molar-refractivity contribution in [1.82, 2.24) is 14.9 Å². The number of likely N-dealkylation sites (tertiary alicyclic amines) is 1. The Labute approximate surface area is 175 Å². The number of halogens is 1. The van der Waals surface area contributed by atoms with Gasteiger partial charge in [-0.2, -0.15) is 0 Å². The van der Waals surface area contributed by atoms with Crippen LogP contribution in [0.1, 0.15) is 22.7 Å². The Balaban J connectivity index is 1.85. The van der Waals surface area contributed by atoms with E-state index in [1.807, 2.05) is 0 Å². The van der Waals surface area contributed by atoms with E-state index in [9.17, 15) is 14.7 Å². The number of hydrogen-bond donors (Lipinski definition) is 1. The van der Waals surface area contributed by atoms with E-state index in [-0.39, 0.29) is 17.9 Å². The first-order chi connectivity index (χ1) is 14.1. The second-order valence-electron chi connectivity index (χ2n) is 6.57. The lowest BCUT2D eigenvalue weighted by Gasteiger charge is -2.25. The molecule has 1 saturated heterocycles. The molecule has 1 N–H and O–H groups in total. The number of aliphatic hydroxyl groups excluding tert-OH is 1. The van der Waals surface area contributed by atoms with Gasteiger partial charge in [-0.1, -0.05) is 28.1 Å². The van der Waals surface area contributed by atoms with Crippen LogP contribution in [-0.2, 0) is 16.1 Å². The number of Topliss-reactive ketones (excluding diaryl/α,β-unsaturated/α-hetero) is 1. The molecule has 1 fully saturated rings. The third-order valence-electron chi connectivity index (χ3n) is 4.78. The second kappa shape index (κ2) is 7.97. The van der Waals surface area contributed by atoms with E-state index in [0.29, 0.717) is 11.1 Å². The Kier molecular flexibility index (Phi) is 5.22. The molecule has 0 saturated carbocycles. The number of ketones is 1. The minimum atomic E-state index is -0.713. The Morgan fingerprint density at radius 1 is 0.931 bits per heavy atom. The molecule has 1 atom stereocenters. The summed E-state index contributed by atoms with van der Waals surface area (Å²) in [6, 6.07) is 13.3. The zero-order valence-corrected chi connectivity index (χ0v) is 16.8. The first-order valence-electron chi connectivity index (χ1n) is 8.89. The van der Waals surface area contributed by atoms with Gasteiger partial charge in [0.15, 0.2) is 0 Å². The van der Waals surface area contributed by atoms with E-state index in [0.717, 1.165) is 10.0 Å². The molecule has 0 radical (unpaired) electrons. The molecule has 6 nitrogen and oxygen atoms in total. The number of rotatable bonds is 4. The summed E-state index contributed by atoms with van der Waals surface area (Å²) in [4.78, 5) is 35.3. The summed E-state index contributed by atoms with van der Waals surface area (Å²) in [5.41, 5.74) is 2.07. The number of benzene rings is 1. The number of pyridine rings is 2. The van der Waals surface area contributed by atoms with Gasteiger partial charge in [0.25, 0.3) is 11.7 Å². The summed E-state index contributed by atoms with van der Waals surface area (Å²) >= 11 is 3.36. The zero-order valence-electron chi connectivity index (χ0n) is 15.2. The zero-order chi connectivity index (χ0) is 20.4. The SMILES string of the molecule is O=C1C(=O)N(Cc2ccncc2)C(c2ccncc2)/C1=C(\O)c1ccc(Br)cc1. The normalized spacial score (nSPS) is 18.2. The molecule has 1 aliphatic heterocycles. The molecule has 29 heavy (non-hydrogen) atoms. The molecule has 1 aromatic carbocycles. The number of nitrogens with zero attached hydrogens (tertiary/aromatic N) is 3. The first kappa shape index (κ1) is 19.0. The Morgan fingerprint density at radius 2 is 1.52 bits per heavy atom. The van der Waals surface area contributed by atoms with Gasteiger partial charge in [-0.05, 0) is 47.5 Å². The smallest absolute Gasteiger partial charge is 0.295 e. The van der Waals surface area contributed by atoms with Crippen LogP contribution >= 0.6 is 15.9 Å². The van der Waals surface area contributed by atoms with Crippen molar-refractivity contribution in [3.8, 4) is 0 Å². The fraction of sp³-hybridized carbons (Fsp3) is 0.0909. The maximum atomic E-state index is 12.9. The minimum Gasteiger partial charge on any atom is -0.507 e. The van der Waals surface area contributed by atoms with Crippen molar-refractivity contribution in [3.05, 3.63) is 100 Å². The highest BCUT2D eigenvalue weighted by Gasteiger charge is 2.46. The molecule has 1 unspecified atom stereocenters. The summed E-state index contributed by atoms with van der Waals surface area (Å²) in [5.74, 6) is -1.56. The molecule has 0 aliphatic carbocycles. The van der Waals surface area contributed by atoms with Crippen molar-refractivity contribution in [1.29, 1.82) is 0 Å². The van der Waals surface area contributed by atoms with Gasteiger partial charge in [-0.25, -0.2) is 0 Å². The van der Waals surface area contributed by atoms with Crippen LogP contribution in [0.25, 0.3) is 5.76 Å². The summed E-state index contributed by atoms with van der Waals surface area (Å²) in [6.45, 7) is 0.219. The lowest BCUT2D eigenvalue weighted by Crippen LogP contribution is -2.29. The van der Waals surface area contributed by atoms with Crippen LogP contribution in [0.4, 0.5) is 0 Å². The van der Waals surface area contributed by atoms with Crippen LogP contribution < -0.4 is 0 Å². The predicted molar refractivity (Wildman–Crippen MR) is 110 cm³/mol. The summed E-state index contributed by atoms with van der Waals surface area (Å²) in [6.07, 6.45) is 6.47. The molecule has 3 heterocycles. The van der Waals surface area contributed by atoms with Crippen molar-refractivity contribution in [2.45, 2.75) is 12.6 Å². The standard InChI is InChI=1S/C22H16BrN3O3/c23-17-3-1-16(2-4-17)20(27)18-19(15-7-11-25-12-8-15)26(22(29)21(18)28)13-14-5-9-24-10-6-14/h1-12,19,27H,13H2/b20-18+. The largest absolute Gasteiger partial charge is 0.507 e. The summed E-state index contributed by atoms with van der Waals surface area (Å²) in [7, 11) is 0. The first-order valence-corrected chi connectivity index (χ1v) is 9.68. The van der Waals surface area contributed by atoms with Gasteiger partial charge in [0.05, 0.1) is 11.6 Å². The number of aromatic nitrogens is 2. The number of hydrogen-bond acceptors (Lipinski definition) is 5. The van der Waals surface area contributed by atoms with Gasteiger partial charge in [0.2, 0.25) is 0 Å². The summed E-state index contributed by atoms with van der Waals surface area (Å²) < 4.78 is 0.845. The van der Waals surface area contributed by atoms with E-state index in [1.54, 1.807) is 73.3 Å². The highest BCUT2D eigenvalue weighted by molar-refractivity contribution is 9.10. The van der Waals surface area contributed by atoms with Crippen molar-refractivity contribution in [2.75, 3.05) is 0 Å².